The molecule has 0 heterocycles. The Kier molecular flexibility index (Phi) is 8.19. The van der Waals surface area contributed by atoms with Gasteiger partial charge in [0.1, 0.15) is 5.75 Å². The first-order chi connectivity index (χ1) is 16.2. The van der Waals surface area contributed by atoms with E-state index in [1.807, 2.05) is 0 Å². The fourth-order valence-electron chi connectivity index (χ4n) is 2.78. The van der Waals surface area contributed by atoms with Crippen LogP contribution in [0.2, 0.25) is 0 Å². The van der Waals surface area contributed by atoms with E-state index in [1.165, 1.54) is 31.4 Å². The maximum absolute atomic E-state index is 13.8. The molecule has 1 nitrogen and oxygen atoms in total. The molecular formula is C21H15F13OS. The molecule has 2 rings (SSSR count). The number of ether oxygens (including phenoxy) is 1. The van der Waals surface area contributed by atoms with Crippen molar-refractivity contribution in [1.82, 2.24) is 0 Å². The normalized spacial score (nSPS) is 14.2. The van der Waals surface area contributed by atoms with E-state index in [9.17, 15) is 57.1 Å². The van der Waals surface area contributed by atoms with Gasteiger partial charge in [0.15, 0.2) is 0 Å². The number of benzene rings is 2. The van der Waals surface area contributed by atoms with Crippen molar-refractivity contribution < 1.29 is 61.8 Å². The van der Waals surface area contributed by atoms with E-state index in [4.69, 9.17) is 4.74 Å². The zero-order valence-electron chi connectivity index (χ0n) is 17.8. The molecule has 0 unspecified atom stereocenters. The fraction of sp³-hybridized carbons (Fsp3) is 0.429. The van der Waals surface area contributed by atoms with Crippen molar-refractivity contribution >= 4 is 11.8 Å². The minimum Gasteiger partial charge on any atom is -0.497 e. The zero-order chi connectivity index (χ0) is 27.8. The van der Waals surface area contributed by atoms with Crippen LogP contribution in [0.15, 0.2) is 53.4 Å². The highest BCUT2D eigenvalue weighted by Crippen LogP contribution is 2.60. The third-order valence-electron chi connectivity index (χ3n) is 4.96. The molecule has 0 spiro atoms. The molecule has 202 valence electrons. The Morgan fingerprint density at radius 3 is 1.42 bits per heavy atom. The van der Waals surface area contributed by atoms with Crippen molar-refractivity contribution in [3.8, 4) is 16.9 Å². The third kappa shape index (κ3) is 5.21. The second-order valence-electron chi connectivity index (χ2n) is 7.35. The number of rotatable bonds is 10. The summed E-state index contributed by atoms with van der Waals surface area (Å²) in [4.78, 5) is 0.159. The highest BCUT2D eigenvalue weighted by atomic mass is 32.2. The summed E-state index contributed by atoms with van der Waals surface area (Å²) in [5, 5.41) is 0. The Morgan fingerprint density at radius 1 is 0.583 bits per heavy atom. The van der Waals surface area contributed by atoms with Gasteiger partial charge in [0.2, 0.25) is 0 Å². The molecule has 0 aliphatic heterocycles. The second-order valence-corrected chi connectivity index (χ2v) is 8.52. The van der Waals surface area contributed by atoms with Gasteiger partial charge in [0, 0.05) is 17.1 Å². The highest BCUT2D eigenvalue weighted by Gasteiger charge is 2.90. The van der Waals surface area contributed by atoms with Crippen molar-refractivity contribution in [3.63, 3.8) is 0 Å². The lowest BCUT2D eigenvalue weighted by atomic mass is 9.93. The number of halogens is 13. The topological polar surface area (TPSA) is 9.23 Å². The van der Waals surface area contributed by atoms with Crippen LogP contribution in [0, 0.1) is 0 Å². The summed E-state index contributed by atoms with van der Waals surface area (Å²) in [5.74, 6) is -37.2. The average Bonchev–Trinajstić information content (AvgIpc) is 2.78. The van der Waals surface area contributed by atoms with Crippen molar-refractivity contribution in [2.75, 3.05) is 12.9 Å². The Balaban J connectivity index is 2.13. The Hall–Kier alpha value is -2.32. The standard InChI is InChI=1S/C21H15F13OS/c1-35-14-6-2-12(3-7-14)13-4-8-15(9-5-13)36-11-10-16(22,23)17(24,25)18(26,27)19(28,29)20(30,31)21(32,33)34/h2-9H,10-11H2,1H3. The molecule has 0 atom stereocenters. The number of alkyl halides is 13. The summed E-state index contributed by atoms with van der Waals surface area (Å²) in [7, 11) is 1.45. The maximum Gasteiger partial charge on any atom is 0.460 e. The van der Waals surface area contributed by atoms with Crippen LogP contribution >= 0.6 is 11.8 Å². The molecule has 0 saturated carbocycles. The van der Waals surface area contributed by atoms with E-state index in [0.717, 1.165) is 0 Å². The van der Waals surface area contributed by atoms with Gasteiger partial charge in [0.05, 0.1) is 7.11 Å². The molecular weight excluding hydrogens is 547 g/mol. The predicted octanol–water partition coefficient (Wildman–Crippen LogP) is 8.58. The lowest BCUT2D eigenvalue weighted by Crippen LogP contribution is -2.70. The van der Waals surface area contributed by atoms with E-state index < -0.39 is 48.0 Å². The van der Waals surface area contributed by atoms with Gasteiger partial charge in [0.25, 0.3) is 0 Å². The fourth-order valence-corrected chi connectivity index (χ4v) is 3.71. The van der Waals surface area contributed by atoms with Crippen LogP contribution in [0.4, 0.5) is 57.1 Å². The van der Waals surface area contributed by atoms with Gasteiger partial charge in [-0.05, 0) is 35.4 Å². The Labute approximate surface area is 199 Å². The van der Waals surface area contributed by atoms with Gasteiger partial charge in [-0.15, -0.1) is 11.8 Å². The van der Waals surface area contributed by atoms with Gasteiger partial charge in [-0.3, -0.25) is 0 Å². The van der Waals surface area contributed by atoms with Crippen LogP contribution in [0.5, 0.6) is 5.75 Å². The van der Waals surface area contributed by atoms with E-state index in [1.54, 1.807) is 24.3 Å². The quantitative estimate of drug-likeness (QED) is 0.212. The number of hydrogen-bond donors (Lipinski definition) is 0. The van der Waals surface area contributed by atoms with Crippen LogP contribution in [0.3, 0.4) is 0 Å². The summed E-state index contributed by atoms with van der Waals surface area (Å²) < 4.78 is 176. The van der Waals surface area contributed by atoms with Crippen LogP contribution in [0.1, 0.15) is 6.42 Å². The molecule has 0 aliphatic carbocycles. The minimum atomic E-state index is -7.88. The van der Waals surface area contributed by atoms with E-state index in [2.05, 4.69) is 0 Å². The summed E-state index contributed by atoms with van der Waals surface area (Å²) in [6.07, 6.45) is -9.66. The molecule has 0 aliphatic rings. The van der Waals surface area contributed by atoms with E-state index in [0.29, 0.717) is 28.6 Å². The first-order valence-electron chi connectivity index (χ1n) is 9.56. The van der Waals surface area contributed by atoms with Gasteiger partial charge in [-0.1, -0.05) is 24.3 Å². The SMILES string of the molecule is COc1ccc(-c2ccc(SCCC(F)(F)C(F)(F)C(F)(F)C(F)(F)C(F)(F)C(F)(F)F)cc2)cc1. The van der Waals surface area contributed by atoms with Crippen LogP contribution in [0.25, 0.3) is 11.1 Å². The van der Waals surface area contributed by atoms with Crippen LogP contribution in [-0.2, 0) is 0 Å². The smallest absolute Gasteiger partial charge is 0.460 e. The molecule has 2 aromatic rings. The number of thioether (sulfide) groups is 1. The summed E-state index contributed by atoms with van der Waals surface area (Å²) in [6, 6.07) is 12.3. The Morgan fingerprint density at radius 2 is 1.00 bits per heavy atom. The van der Waals surface area contributed by atoms with E-state index >= 15 is 0 Å². The zero-order valence-corrected chi connectivity index (χ0v) is 18.6. The predicted molar refractivity (Wildman–Crippen MR) is 105 cm³/mol. The summed E-state index contributed by atoms with van der Waals surface area (Å²) in [6.45, 7) is 0. The van der Waals surface area contributed by atoms with E-state index in [-0.39, 0.29) is 4.90 Å². The van der Waals surface area contributed by atoms with Gasteiger partial charge in [-0.25, -0.2) is 0 Å². The summed E-state index contributed by atoms with van der Waals surface area (Å²) in [5.41, 5.74) is 1.34. The van der Waals surface area contributed by atoms with Crippen LogP contribution < -0.4 is 4.74 Å². The van der Waals surface area contributed by atoms with Crippen molar-refractivity contribution in [2.45, 2.75) is 47.1 Å². The third-order valence-corrected chi connectivity index (χ3v) is 5.97. The largest absolute Gasteiger partial charge is 0.497 e. The van der Waals surface area contributed by atoms with Gasteiger partial charge >= 0.3 is 35.8 Å². The summed E-state index contributed by atoms with van der Waals surface area (Å²) >= 11 is 0.407. The maximum atomic E-state index is 13.8. The van der Waals surface area contributed by atoms with Gasteiger partial charge in [-0.2, -0.15) is 57.1 Å². The van der Waals surface area contributed by atoms with Crippen LogP contribution in [-0.4, -0.2) is 48.7 Å². The number of hydrogen-bond acceptors (Lipinski definition) is 2. The molecule has 36 heavy (non-hydrogen) atoms. The average molecular weight is 562 g/mol. The number of methoxy groups -OCH3 is 1. The molecule has 0 N–H and O–H groups in total. The molecule has 2 aromatic carbocycles. The minimum absolute atomic E-state index is 0.159. The lowest BCUT2D eigenvalue weighted by molar-refractivity contribution is -0.439. The molecule has 15 heteroatoms. The van der Waals surface area contributed by atoms with Crippen molar-refractivity contribution in [1.29, 1.82) is 0 Å². The molecule has 0 radical (unpaired) electrons. The molecule has 0 saturated heterocycles. The van der Waals surface area contributed by atoms with Crippen molar-refractivity contribution in [2.24, 2.45) is 0 Å². The molecule has 0 bridgehead atoms. The molecule has 0 aromatic heterocycles. The van der Waals surface area contributed by atoms with Crippen molar-refractivity contribution in [3.05, 3.63) is 48.5 Å². The first-order valence-corrected chi connectivity index (χ1v) is 10.5. The first kappa shape index (κ1) is 29.9. The lowest BCUT2D eigenvalue weighted by Gasteiger charge is -2.39. The highest BCUT2D eigenvalue weighted by molar-refractivity contribution is 7.99. The second kappa shape index (κ2) is 9.86. The molecule has 0 fully saturated rings. The molecule has 0 amide bonds. The Bertz CT molecular complexity index is 1020. The monoisotopic (exact) mass is 562 g/mol. The van der Waals surface area contributed by atoms with Gasteiger partial charge < -0.3 is 4.74 Å².